The molecule has 21 heavy (non-hydrogen) atoms. The van der Waals surface area contributed by atoms with Gasteiger partial charge >= 0.3 is 5.97 Å². The topological polar surface area (TPSA) is 55.8 Å². The lowest BCUT2D eigenvalue weighted by Gasteiger charge is -2.08. The molecule has 0 bridgehead atoms. The highest BCUT2D eigenvalue weighted by atomic mass is 79.9. The minimum atomic E-state index is -0.986. The van der Waals surface area contributed by atoms with Crippen molar-refractivity contribution >= 4 is 28.0 Å². The molecule has 0 amide bonds. The van der Waals surface area contributed by atoms with Crippen molar-refractivity contribution in [3.8, 4) is 17.2 Å². The summed E-state index contributed by atoms with van der Waals surface area (Å²) in [4.78, 5) is 10.5. The van der Waals surface area contributed by atoms with Crippen molar-refractivity contribution in [1.29, 1.82) is 0 Å². The molecule has 0 aliphatic heterocycles. The number of carboxylic acid groups (broad SMARTS) is 1. The molecule has 0 aliphatic rings. The van der Waals surface area contributed by atoms with Gasteiger partial charge in [-0.25, -0.2) is 4.79 Å². The van der Waals surface area contributed by atoms with Gasteiger partial charge in [0.15, 0.2) is 0 Å². The molecule has 0 radical (unpaired) electrons. The monoisotopic (exact) mass is 348 g/mol. The number of ether oxygens (including phenoxy) is 2. The fourth-order valence-corrected chi connectivity index (χ4v) is 2.14. The number of aliphatic carboxylic acids is 1. The molecule has 108 valence electrons. The van der Waals surface area contributed by atoms with Crippen LogP contribution in [0.2, 0.25) is 0 Å². The van der Waals surface area contributed by atoms with Crippen molar-refractivity contribution in [2.45, 2.75) is 0 Å². The normalized spacial score (nSPS) is 10.6. The molecule has 1 N–H and O–H groups in total. The first-order chi connectivity index (χ1) is 10.1. The summed E-state index contributed by atoms with van der Waals surface area (Å²) in [6.45, 7) is 0. The summed E-state index contributed by atoms with van der Waals surface area (Å²) in [6, 6.07) is 12.6. The van der Waals surface area contributed by atoms with Crippen molar-refractivity contribution in [3.63, 3.8) is 0 Å². The molecule has 4 nitrogen and oxygen atoms in total. The van der Waals surface area contributed by atoms with E-state index in [2.05, 4.69) is 15.9 Å². The molecule has 0 spiro atoms. The van der Waals surface area contributed by atoms with E-state index in [1.54, 1.807) is 25.3 Å². The Hall–Kier alpha value is -2.27. The smallest absolute Gasteiger partial charge is 0.328 e. The average molecular weight is 349 g/mol. The molecule has 0 heterocycles. The van der Waals surface area contributed by atoms with Crippen LogP contribution in [0.3, 0.4) is 0 Å². The highest BCUT2D eigenvalue weighted by Crippen LogP contribution is 2.28. The second kappa shape index (κ2) is 6.95. The van der Waals surface area contributed by atoms with Gasteiger partial charge in [-0.05, 0) is 48.0 Å². The Kier molecular flexibility index (Phi) is 5.00. The van der Waals surface area contributed by atoms with Crippen LogP contribution in [0.25, 0.3) is 6.08 Å². The summed E-state index contributed by atoms with van der Waals surface area (Å²) in [7, 11) is 1.61. The number of carboxylic acids is 1. The Labute approximate surface area is 130 Å². The van der Waals surface area contributed by atoms with Crippen molar-refractivity contribution in [3.05, 3.63) is 58.6 Å². The van der Waals surface area contributed by atoms with Gasteiger partial charge in [0, 0.05) is 10.5 Å². The molecule has 5 heteroatoms. The third-order valence-electron chi connectivity index (χ3n) is 2.67. The maximum Gasteiger partial charge on any atom is 0.328 e. The lowest BCUT2D eigenvalue weighted by molar-refractivity contribution is -0.131. The summed E-state index contributed by atoms with van der Waals surface area (Å²) in [5.41, 5.74) is 0.763. The maximum atomic E-state index is 10.5. The van der Waals surface area contributed by atoms with Gasteiger partial charge in [-0.15, -0.1) is 0 Å². The molecule has 0 fully saturated rings. The predicted octanol–water partition coefficient (Wildman–Crippen LogP) is 4.35. The Morgan fingerprint density at radius 2 is 1.71 bits per heavy atom. The fraction of sp³-hybridized carbons (Fsp3) is 0.0625. The van der Waals surface area contributed by atoms with Crippen LogP contribution in [0.5, 0.6) is 17.2 Å². The van der Waals surface area contributed by atoms with E-state index < -0.39 is 5.97 Å². The van der Waals surface area contributed by atoms with Crippen LogP contribution in [-0.4, -0.2) is 18.2 Å². The zero-order valence-electron chi connectivity index (χ0n) is 11.2. The molecule has 2 aromatic rings. The third kappa shape index (κ3) is 4.36. The number of benzene rings is 2. The molecule has 0 unspecified atom stereocenters. The lowest BCUT2D eigenvalue weighted by atomic mass is 10.2. The van der Waals surface area contributed by atoms with E-state index in [1.807, 2.05) is 24.3 Å². The number of halogens is 1. The Bertz CT molecular complexity index is 662. The largest absolute Gasteiger partial charge is 0.497 e. The van der Waals surface area contributed by atoms with Crippen molar-refractivity contribution in [2.24, 2.45) is 0 Å². The minimum Gasteiger partial charge on any atom is -0.497 e. The number of carbonyl (C=O) groups is 1. The number of hydrogen-bond donors (Lipinski definition) is 1. The van der Waals surface area contributed by atoms with Crippen molar-refractivity contribution in [2.75, 3.05) is 7.11 Å². The van der Waals surface area contributed by atoms with Crippen LogP contribution in [0.4, 0.5) is 0 Å². The SMILES string of the molecule is COc1ccc(Oc2ccc(/C=C/C(=O)O)c(Br)c2)cc1. The summed E-state index contributed by atoms with van der Waals surface area (Å²) in [5.74, 6) is 1.12. The van der Waals surface area contributed by atoms with E-state index in [4.69, 9.17) is 14.6 Å². The van der Waals surface area contributed by atoms with Gasteiger partial charge in [-0.1, -0.05) is 22.0 Å². The Morgan fingerprint density at radius 3 is 2.29 bits per heavy atom. The number of hydrogen-bond acceptors (Lipinski definition) is 3. The summed E-state index contributed by atoms with van der Waals surface area (Å²) >= 11 is 3.39. The van der Waals surface area contributed by atoms with Crippen LogP contribution >= 0.6 is 15.9 Å². The standard InChI is InChI=1S/C16H13BrO4/c1-20-12-5-7-13(8-6-12)21-14-4-2-11(15(17)10-14)3-9-16(18)19/h2-10H,1H3,(H,18,19)/b9-3+. The molecule has 0 aromatic heterocycles. The predicted molar refractivity (Wildman–Crippen MR) is 83.9 cm³/mol. The third-order valence-corrected chi connectivity index (χ3v) is 3.36. The average Bonchev–Trinajstić information content (AvgIpc) is 2.47. The van der Waals surface area contributed by atoms with Crippen LogP contribution in [0, 0.1) is 0 Å². The second-order valence-electron chi connectivity index (χ2n) is 4.13. The molecular formula is C16H13BrO4. The molecule has 2 rings (SSSR count). The van der Waals surface area contributed by atoms with E-state index in [1.165, 1.54) is 6.08 Å². The van der Waals surface area contributed by atoms with Gasteiger partial charge in [-0.3, -0.25) is 0 Å². The minimum absolute atomic E-state index is 0.652. The maximum absolute atomic E-state index is 10.5. The molecular weight excluding hydrogens is 336 g/mol. The summed E-state index contributed by atoms with van der Waals surface area (Å²) in [5, 5.41) is 8.62. The summed E-state index contributed by atoms with van der Waals surface area (Å²) in [6.07, 6.45) is 2.60. The zero-order chi connectivity index (χ0) is 15.2. The number of methoxy groups -OCH3 is 1. The van der Waals surface area contributed by atoms with Gasteiger partial charge < -0.3 is 14.6 Å². The zero-order valence-corrected chi connectivity index (χ0v) is 12.8. The Morgan fingerprint density at radius 1 is 1.10 bits per heavy atom. The lowest BCUT2D eigenvalue weighted by Crippen LogP contribution is -1.88. The van der Waals surface area contributed by atoms with E-state index in [0.29, 0.717) is 11.5 Å². The summed E-state index contributed by atoms with van der Waals surface area (Å²) < 4.78 is 11.6. The first-order valence-corrected chi connectivity index (χ1v) is 6.90. The van der Waals surface area contributed by atoms with Crippen LogP contribution in [0.1, 0.15) is 5.56 Å². The van der Waals surface area contributed by atoms with Crippen molar-refractivity contribution < 1.29 is 19.4 Å². The molecule has 0 atom stereocenters. The van der Waals surface area contributed by atoms with E-state index in [-0.39, 0.29) is 0 Å². The molecule has 0 saturated carbocycles. The second-order valence-corrected chi connectivity index (χ2v) is 4.99. The van der Waals surface area contributed by atoms with Crippen molar-refractivity contribution in [1.82, 2.24) is 0 Å². The van der Waals surface area contributed by atoms with E-state index in [9.17, 15) is 4.79 Å². The highest BCUT2D eigenvalue weighted by molar-refractivity contribution is 9.10. The molecule has 0 saturated heterocycles. The Balaban J connectivity index is 2.14. The van der Waals surface area contributed by atoms with Crippen LogP contribution < -0.4 is 9.47 Å². The molecule has 2 aromatic carbocycles. The van der Waals surface area contributed by atoms with Gasteiger partial charge in [0.05, 0.1) is 7.11 Å². The number of rotatable bonds is 5. The first kappa shape index (κ1) is 15.1. The molecule has 0 aliphatic carbocycles. The van der Waals surface area contributed by atoms with E-state index >= 15 is 0 Å². The highest BCUT2D eigenvalue weighted by Gasteiger charge is 2.02. The first-order valence-electron chi connectivity index (χ1n) is 6.11. The van der Waals surface area contributed by atoms with Crippen LogP contribution in [-0.2, 0) is 4.79 Å². The van der Waals surface area contributed by atoms with Crippen LogP contribution in [0.15, 0.2) is 53.0 Å². The van der Waals surface area contributed by atoms with Gasteiger partial charge in [0.25, 0.3) is 0 Å². The van der Waals surface area contributed by atoms with E-state index in [0.717, 1.165) is 21.9 Å². The quantitative estimate of drug-likeness (QED) is 0.816. The van der Waals surface area contributed by atoms with Gasteiger partial charge in [0.1, 0.15) is 17.2 Å². The fourth-order valence-electron chi connectivity index (χ4n) is 1.65. The van der Waals surface area contributed by atoms with Gasteiger partial charge in [0.2, 0.25) is 0 Å². The van der Waals surface area contributed by atoms with Gasteiger partial charge in [-0.2, -0.15) is 0 Å².